The molecule has 0 aliphatic heterocycles. The Balaban J connectivity index is 1.83. The van der Waals surface area contributed by atoms with E-state index >= 15 is 0 Å². The van der Waals surface area contributed by atoms with Gasteiger partial charge in [0.2, 0.25) is 11.8 Å². The molecule has 0 radical (unpaired) electrons. The number of benzene rings is 2. The van der Waals surface area contributed by atoms with Crippen LogP contribution in [0, 0.1) is 13.8 Å². The molecule has 0 aromatic heterocycles. The number of halogens is 1. The summed E-state index contributed by atoms with van der Waals surface area (Å²) in [5.41, 5.74) is 3.90. The van der Waals surface area contributed by atoms with Crippen molar-refractivity contribution in [3.05, 3.63) is 64.2 Å². The summed E-state index contributed by atoms with van der Waals surface area (Å²) in [4.78, 5) is 26.2. The molecule has 144 valence electrons. The molecule has 2 aromatic rings. The maximum absolute atomic E-state index is 12.2. The molecule has 0 bridgehead atoms. The number of amides is 2. The maximum atomic E-state index is 12.2. The van der Waals surface area contributed by atoms with Gasteiger partial charge in [0.15, 0.2) is 0 Å². The van der Waals surface area contributed by atoms with Crippen LogP contribution in [0.15, 0.2) is 42.5 Å². The molecule has 2 rings (SSSR count). The highest BCUT2D eigenvalue weighted by atomic mass is 35.5. The van der Waals surface area contributed by atoms with E-state index in [1.165, 1.54) is 0 Å². The van der Waals surface area contributed by atoms with Gasteiger partial charge in [-0.15, -0.1) is 0 Å². The van der Waals surface area contributed by atoms with E-state index in [2.05, 4.69) is 10.6 Å². The lowest BCUT2D eigenvalue weighted by molar-refractivity contribution is -0.123. The van der Waals surface area contributed by atoms with Crippen molar-refractivity contribution in [1.29, 1.82) is 0 Å². The minimum absolute atomic E-state index is 0.130. The van der Waals surface area contributed by atoms with Crippen LogP contribution in [-0.2, 0) is 9.59 Å². The third kappa shape index (κ3) is 6.38. The van der Waals surface area contributed by atoms with Gasteiger partial charge in [-0.2, -0.15) is 0 Å². The quantitative estimate of drug-likeness (QED) is 0.761. The highest BCUT2D eigenvalue weighted by Gasteiger charge is 2.14. The van der Waals surface area contributed by atoms with Crippen LogP contribution in [0.4, 0.5) is 5.69 Å². The summed E-state index contributed by atoms with van der Waals surface area (Å²) >= 11 is 5.99. The number of carbonyl (C=O) groups excluding carboxylic acids is 2. The van der Waals surface area contributed by atoms with Gasteiger partial charge >= 0.3 is 0 Å². The zero-order valence-corrected chi connectivity index (χ0v) is 16.9. The van der Waals surface area contributed by atoms with E-state index in [0.29, 0.717) is 5.02 Å². The summed E-state index contributed by atoms with van der Waals surface area (Å²) in [6.45, 7) is 6.14. The van der Waals surface area contributed by atoms with Gasteiger partial charge in [-0.1, -0.05) is 35.9 Å². The van der Waals surface area contributed by atoms with Crippen molar-refractivity contribution in [2.75, 3.05) is 25.5 Å². The van der Waals surface area contributed by atoms with Crippen molar-refractivity contribution < 1.29 is 9.59 Å². The molecule has 0 heterocycles. The van der Waals surface area contributed by atoms with Gasteiger partial charge in [-0.25, -0.2) is 0 Å². The Labute approximate surface area is 165 Å². The van der Waals surface area contributed by atoms with Crippen LogP contribution in [0.2, 0.25) is 5.02 Å². The number of nitrogens with zero attached hydrogens (tertiary/aromatic N) is 1. The van der Waals surface area contributed by atoms with Crippen LogP contribution in [0.1, 0.15) is 29.7 Å². The minimum atomic E-state index is -0.159. The first-order chi connectivity index (χ1) is 12.8. The third-order valence-electron chi connectivity index (χ3n) is 4.43. The molecule has 5 nitrogen and oxygen atoms in total. The molecule has 0 spiro atoms. The second kappa shape index (κ2) is 9.53. The molecule has 1 atom stereocenters. The van der Waals surface area contributed by atoms with Crippen molar-refractivity contribution in [2.45, 2.75) is 26.8 Å². The van der Waals surface area contributed by atoms with Gasteiger partial charge in [0.05, 0.1) is 19.1 Å². The van der Waals surface area contributed by atoms with E-state index in [4.69, 9.17) is 11.6 Å². The number of rotatable bonds is 7. The first-order valence-electron chi connectivity index (χ1n) is 8.85. The first-order valence-corrected chi connectivity index (χ1v) is 9.23. The van der Waals surface area contributed by atoms with Crippen LogP contribution < -0.4 is 10.6 Å². The topological polar surface area (TPSA) is 61.4 Å². The molecule has 0 unspecified atom stereocenters. The summed E-state index contributed by atoms with van der Waals surface area (Å²) in [5, 5.41) is 6.46. The lowest BCUT2D eigenvalue weighted by Gasteiger charge is -2.19. The van der Waals surface area contributed by atoms with Crippen molar-refractivity contribution in [2.24, 2.45) is 0 Å². The van der Waals surface area contributed by atoms with Crippen LogP contribution in [0.25, 0.3) is 0 Å². The highest BCUT2D eigenvalue weighted by Crippen LogP contribution is 2.18. The van der Waals surface area contributed by atoms with Crippen molar-refractivity contribution in [3.63, 3.8) is 0 Å². The number of anilines is 1. The van der Waals surface area contributed by atoms with E-state index in [0.717, 1.165) is 22.4 Å². The number of aryl methyl sites for hydroxylation is 1. The summed E-state index contributed by atoms with van der Waals surface area (Å²) in [6, 6.07) is 13.0. The highest BCUT2D eigenvalue weighted by molar-refractivity contribution is 6.30. The molecule has 0 saturated carbocycles. The molecule has 0 fully saturated rings. The van der Waals surface area contributed by atoms with Crippen molar-refractivity contribution in [3.8, 4) is 0 Å². The van der Waals surface area contributed by atoms with Crippen LogP contribution in [0.3, 0.4) is 0 Å². The first kappa shape index (κ1) is 20.9. The molecule has 2 aromatic carbocycles. The second-order valence-corrected chi connectivity index (χ2v) is 7.25. The van der Waals surface area contributed by atoms with E-state index in [9.17, 15) is 9.59 Å². The molecule has 0 aliphatic rings. The Morgan fingerprint density at radius 3 is 2.44 bits per heavy atom. The fraction of sp³-hybridized carbons (Fsp3) is 0.333. The summed E-state index contributed by atoms with van der Waals surface area (Å²) in [5.74, 6) is -0.300. The normalized spacial score (nSPS) is 11.9. The molecule has 2 amide bonds. The fourth-order valence-corrected chi connectivity index (χ4v) is 2.97. The second-order valence-electron chi connectivity index (χ2n) is 6.81. The maximum Gasteiger partial charge on any atom is 0.238 e. The van der Waals surface area contributed by atoms with Crippen LogP contribution >= 0.6 is 11.6 Å². The number of nitrogens with one attached hydrogen (secondary N) is 2. The zero-order valence-electron chi connectivity index (χ0n) is 16.2. The number of hydrogen-bond donors (Lipinski definition) is 2. The molecule has 6 heteroatoms. The summed E-state index contributed by atoms with van der Waals surface area (Å²) < 4.78 is 0. The Morgan fingerprint density at radius 2 is 1.74 bits per heavy atom. The minimum Gasteiger partial charge on any atom is -0.348 e. The van der Waals surface area contributed by atoms with E-state index in [-0.39, 0.29) is 30.9 Å². The summed E-state index contributed by atoms with van der Waals surface area (Å²) in [6.07, 6.45) is 0. The monoisotopic (exact) mass is 387 g/mol. The zero-order chi connectivity index (χ0) is 20.0. The van der Waals surface area contributed by atoms with Crippen LogP contribution in [0.5, 0.6) is 0 Å². The standard InChI is InChI=1S/C21H26ClN3O2/c1-14-7-5-10-19(15(14)2)24-21(27)13-25(4)12-20(26)23-16(3)17-8-6-9-18(22)11-17/h5-11,16H,12-13H2,1-4H3,(H,23,26)(H,24,27)/t16-/m1/s1. The van der Waals surface area contributed by atoms with Crippen molar-refractivity contribution in [1.82, 2.24) is 10.2 Å². The van der Waals surface area contributed by atoms with Gasteiger partial charge in [-0.3, -0.25) is 14.5 Å². The van der Waals surface area contributed by atoms with Gasteiger partial charge < -0.3 is 10.6 Å². The predicted octanol–water partition coefficient (Wildman–Crippen LogP) is 3.70. The fourth-order valence-electron chi connectivity index (χ4n) is 2.77. The SMILES string of the molecule is Cc1cccc(NC(=O)CN(C)CC(=O)N[C@H](C)c2cccc(Cl)c2)c1C. The van der Waals surface area contributed by atoms with Crippen LogP contribution in [-0.4, -0.2) is 36.9 Å². The van der Waals surface area contributed by atoms with Crippen molar-refractivity contribution >= 4 is 29.1 Å². The number of hydrogen-bond acceptors (Lipinski definition) is 3. The smallest absolute Gasteiger partial charge is 0.238 e. The van der Waals surface area contributed by atoms with Gasteiger partial charge in [0.1, 0.15) is 0 Å². The Morgan fingerprint density at radius 1 is 1.07 bits per heavy atom. The molecular formula is C21H26ClN3O2. The lowest BCUT2D eigenvalue weighted by atomic mass is 10.1. The van der Waals surface area contributed by atoms with E-state index < -0.39 is 0 Å². The predicted molar refractivity (Wildman–Crippen MR) is 110 cm³/mol. The molecule has 27 heavy (non-hydrogen) atoms. The van der Waals surface area contributed by atoms with Gasteiger partial charge in [0.25, 0.3) is 0 Å². The number of carbonyl (C=O) groups is 2. The summed E-state index contributed by atoms with van der Waals surface area (Å²) in [7, 11) is 1.74. The Bertz CT molecular complexity index is 823. The van der Waals surface area contributed by atoms with Gasteiger partial charge in [-0.05, 0) is 62.7 Å². The molecular weight excluding hydrogens is 362 g/mol. The van der Waals surface area contributed by atoms with Gasteiger partial charge in [0, 0.05) is 10.7 Å². The average Bonchev–Trinajstić information content (AvgIpc) is 2.58. The average molecular weight is 388 g/mol. The number of likely N-dealkylation sites (N-methyl/N-ethyl adjacent to an activating group) is 1. The largest absolute Gasteiger partial charge is 0.348 e. The Hall–Kier alpha value is -2.37. The third-order valence-corrected chi connectivity index (χ3v) is 4.67. The van der Waals surface area contributed by atoms with E-state index in [1.807, 2.05) is 57.2 Å². The molecule has 0 aliphatic carbocycles. The Kier molecular flexibility index (Phi) is 7.39. The molecule has 2 N–H and O–H groups in total. The van der Waals surface area contributed by atoms with E-state index in [1.54, 1.807) is 18.0 Å². The lowest BCUT2D eigenvalue weighted by Crippen LogP contribution is -2.39. The molecule has 0 saturated heterocycles.